The van der Waals surface area contributed by atoms with Crippen molar-refractivity contribution in [3.63, 3.8) is 0 Å². The minimum absolute atomic E-state index is 0.106. The Hall–Kier alpha value is -2.77. The topological polar surface area (TPSA) is 28.7 Å². The van der Waals surface area contributed by atoms with Gasteiger partial charge in [0.25, 0.3) is 0 Å². The van der Waals surface area contributed by atoms with Gasteiger partial charge in [-0.15, -0.1) is 0 Å². The first-order valence-corrected chi connectivity index (χ1v) is 8.00. The summed E-state index contributed by atoms with van der Waals surface area (Å²) in [5, 5.41) is 0. The van der Waals surface area contributed by atoms with Gasteiger partial charge in [-0.1, -0.05) is 30.3 Å². The first-order valence-electron chi connectivity index (χ1n) is 8.00. The van der Waals surface area contributed by atoms with Gasteiger partial charge in [-0.25, -0.2) is 4.98 Å². The fraction of sp³-hybridized carbons (Fsp3) is 0.211. The number of nitrogens with zero attached hydrogens (tertiary/aromatic N) is 1. The lowest BCUT2D eigenvalue weighted by Crippen LogP contribution is -2.11. The molecule has 0 bridgehead atoms. The third-order valence-corrected chi connectivity index (χ3v) is 4.02. The second kappa shape index (κ2) is 7.09. The number of aryl methyl sites for hydroxylation is 2. The molecule has 8 heteroatoms. The standard InChI is InChI=1S/C19H14F6N2/c20-18(21,22)14-8-13(9-15(10-14)19(23,24)25)16-11-26-17(27-16)7-6-12-4-2-1-3-5-12/h1-5,8-11H,6-7H2,(H,26,27). The number of rotatable bonds is 4. The Labute approximate surface area is 150 Å². The molecule has 0 radical (unpaired) electrons. The van der Waals surface area contributed by atoms with Crippen molar-refractivity contribution < 1.29 is 26.3 Å². The third-order valence-electron chi connectivity index (χ3n) is 4.02. The fourth-order valence-electron chi connectivity index (χ4n) is 2.65. The van der Waals surface area contributed by atoms with Crippen molar-refractivity contribution in [3.8, 4) is 11.3 Å². The van der Waals surface area contributed by atoms with Gasteiger partial charge in [0.1, 0.15) is 5.82 Å². The average molecular weight is 384 g/mol. The maximum Gasteiger partial charge on any atom is 0.416 e. The highest BCUT2D eigenvalue weighted by molar-refractivity contribution is 5.61. The summed E-state index contributed by atoms with van der Waals surface area (Å²) in [6.07, 6.45) is -7.40. The lowest BCUT2D eigenvalue weighted by Gasteiger charge is -2.13. The lowest BCUT2D eigenvalue weighted by atomic mass is 10.0. The number of imidazole rings is 1. The summed E-state index contributed by atoms with van der Waals surface area (Å²) in [5.74, 6) is 0.486. The van der Waals surface area contributed by atoms with Crippen LogP contribution in [0, 0.1) is 0 Å². The predicted molar refractivity (Wildman–Crippen MR) is 87.9 cm³/mol. The van der Waals surface area contributed by atoms with E-state index >= 15 is 0 Å². The predicted octanol–water partition coefficient (Wildman–Crippen LogP) is 5.90. The van der Waals surface area contributed by atoms with E-state index in [0.717, 1.165) is 5.56 Å². The summed E-state index contributed by atoms with van der Waals surface area (Å²) >= 11 is 0. The molecule has 0 saturated carbocycles. The van der Waals surface area contributed by atoms with Crippen molar-refractivity contribution in [2.75, 3.05) is 0 Å². The van der Waals surface area contributed by atoms with Gasteiger partial charge < -0.3 is 4.98 Å². The molecule has 3 rings (SSSR count). The third kappa shape index (κ3) is 4.69. The quantitative estimate of drug-likeness (QED) is 0.558. The van der Waals surface area contributed by atoms with Gasteiger partial charge in [0.05, 0.1) is 23.0 Å². The number of alkyl halides is 6. The minimum Gasteiger partial charge on any atom is -0.342 e. The summed E-state index contributed by atoms with van der Waals surface area (Å²) in [6.45, 7) is 0. The zero-order valence-corrected chi connectivity index (χ0v) is 13.8. The van der Waals surface area contributed by atoms with Gasteiger partial charge in [-0.3, -0.25) is 0 Å². The largest absolute Gasteiger partial charge is 0.416 e. The molecule has 2 aromatic carbocycles. The number of aromatic amines is 1. The van der Waals surface area contributed by atoms with Gasteiger partial charge in [-0.2, -0.15) is 26.3 Å². The molecule has 0 atom stereocenters. The Kier molecular flexibility index (Phi) is 4.99. The summed E-state index contributed by atoms with van der Waals surface area (Å²) in [4.78, 5) is 6.88. The highest BCUT2D eigenvalue weighted by Crippen LogP contribution is 2.38. The van der Waals surface area contributed by atoms with E-state index in [4.69, 9.17) is 0 Å². The molecule has 1 aromatic heterocycles. The number of nitrogens with one attached hydrogen (secondary N) is 1. The van der Waals surface area contributed by atoms with E-state index in [0.29, 0.717) is 30.8 Å². The van der Waals surface area contributed by atoms with E-state index in [1.54, 1.807) is 0 Å². The molecule has 2 nitrogen and oxygen atoms in total. The second-order valence-electron chi connectivity index (χ2n) is 6.02. The van der Waals surface area contributed by atoms with Gasteiger partial charge in [0.2, 0.25) is 0 Å². The molecule has 3 aromatic rings. The zero-order valence-electron chi connectivity index (χ0n) is 13.8. The maximum atomic E-state index is 13.0. The van der Waals surface area contributed by atoms with E-state index in [9.17, 15) is 26.3 Å². The first kappa shape index (κ1) is 19.0. The van der Waals surface area contributed by atoms with E-state index in [1.807, 2.05) is 30.3 Å². The molecule has 0 amide bonds. The normalized spacial score (nSPS) is 12.4. The van der Waals surface area contributed by atoms with Crippen LogP contribution in [0.2, 0.25) is 0 Å². The molecular formula is C19H14F6N2. The van der Waals surface area contributed by atoms with Crippen LogP contribution in [-0.2, 0) is 25.2 Å². The van der Waals surface area contributed by atoms with Crippen LogP contribution >= 0.6 is 0 Å². The molecular weight excluding hydrogens is 370 g/mol. The number of aromatic nitrogens is 2. The van der Waals surface area contributed by atoms with Crippen molar-refractivity contribution in [1.29, 1.82) is 0 Å². The van der Waals surface area contributed by atoms with Crippen molar-refractivity contribution in [3.05, 3.63) is 77.2 Å². The Balaban J connectivity index is 1.88. The average Bonchev–Trinajstić information content (AvgIpc) is 3.08. The molecule has 0 aliphatic rings. The molecule has 0 saturated heterocycles. The number of hydrogen-bond acceptors (Lipinski definition) is 1. The van der Waals surface area contributed by atoms with Gasteiger partial charge in [0, 0.05) is 12.0 Å². The number of hydrogen-bond donors (Lipinski definition) is 1. The number of benzene rings is 2. The highest BCUT2D eigenvalue weighted by atomic mass is 19.4. The summed E-state index contributed by atoms with van der Waals surface area (Å²) in [7, 11) is 0. The molecule has 142 valence electrons. The van der Waals surface area contributed by atoms with Crippen LogP contribution in [0.25, 0.3) is 11.3 Å². The second-order valence-corrected chi connectivity index (χ2v) is 6.02. The van der Waals surface area contributed by atoms with Crippen molar-refractivity contribution in [2.45, 2.75) is 25.2 Å². The summed E-state index contributed by atoms with van der Waals surface area (Å²) in [5.41, 5.74) is -1.76. The van der Waals surface area contributed by atoms with E-state index in [2.05, 4.69) is 9.97 Å². The number of halogens is 6. The Morgan fingerprint density at radius 3 is 1.93 bits per heavy atom. The van der Waals surface area contributed by atoms with Crippen molar-refractivity contribution >= 4 is 0 Å². The van der Waals surface area contributed by atoms with Gasteiger partial charge in [-0.05, 0) is 30.2 Å². The Morgan fingerprint density at radius 2 is 1.37 bits per heavy atom. The van der Waals surface area contributed by atoms with Crippen LogP contribution in [0.15, 0.2) is 54.7 Å². The van der Waals surface area contributed by atoms with Crippen LogP contribution < -0.4 is 0 Å². The van der Waals surface area contributed by atoms with E-state index in [1.165, 1.54) is 6.20 Å². The van der Waals surface area contributed by atoms with Crippen LogP contribution in [0.4, 0.5) is 26.3 Å². The lowest BCUT2D eigenvalue weighted by molar-refractivity contribution is -0.143. The maximum absolute atomic E-state index is 13.0. The molecule has 0 unspecified atom stereocenters. The zero-order chi connectivity index (χ0) is 19.7. The molecule has 0 aliphatic heterocycles. The van der Waals surface area contributed by atoms with Gasteiger partial charge >= 0.3 is 12.4 Å². The van der Waals surface area contributed by atoms with E-state index in [-0.39, 0.29) is 17.3 Å². The summed E-state index contributed by atoms with van der Waals surface area (Å²) < 4.78 is 77.8. The summed E-state index contributed by atoms with van der Waals surface area (Å²) in [6, 6.07) is 11.0. The molecule has 0 spiro atoms. The smallest absolute Gasteiger partial charge is 0.342 e. The Morgan fingerprint density at radius 1 is 0.778 bits per heavy atom. The molecule has 27 heavy (non-hydrogen) atoms. The van der Waals surface area contributed by atoms with Crippen LogP contribution in [0.3, 0.4) is 0 Å². The molecule has 0 aliphatic carbocycles. The molecule has 0 fully saturated rings. The molecule has 1 heterocycles. The first-order chi connectivity index (χ1) is 12.6. The van der Waals surface area contributed by atoms with Gasteiger partial charge in [0.15, 0.2) is 0 Å². The van der Waals surface area contributed by atoms with E-state index < -0.39 is 23.5 Å². The van der Waals surface area contributed by atoms with Crippen molar-refractivity contribution in [2.24, 2.45) is 0 Å². The minimum atomic E-state index is -4.88. The van der Waals surface area contributed by atoms with Crippen molar-refractivity contribution in [1.82, 2.24) is 9.97 Å². The van der Waals surface area contributed by atoms with Crippen LogP contribution in [0.5, 0.6) is 0 Å². The highest BCUT2D eigenvalue weighted by Gasteiger charge is 2.37. The molecule has 1 N–H and O–H groups in total. The number of H-pyrrole nitrogens is 1. The fourth-order valence-corrected chi connectivity index (χ4v) is 2.65. The SMILES string of the molecule is FC(F)(F)c1cc(-c2cnc(CCc3ccccc3)[nH]2)cc(C(F)(F)F)c1. The monoisotopic (exact) mass is 384 g/mol. The van der Waals surface area contributed by atoms with Crippen LogP contribution in [0.1, 0.15) is 22.5 Å². The Bertz CT molecular complexity index is 878. The van der Waals surface area contributed by atoms with Crippen LogP contribution in [-0.4, -0.2) is 9.97 Å².